The molecule has 0 aromatic carbocycles. The molecule has 0 aliphatic carbocycles. The summed E-state index contributed by atoms with van der Waals surface area (Å²) in [4.78, 5) is 53.4. The average molecular weight is 384 g/mol. The summed E-state index contributed by atoms with van der Waals surface area (Å²) in [6, 6.07) is -4.52. The van der Waals surface area contributed by atoms with Crippen molar-refractivity contribution in [3.8, 4) is 0 Å². The third-order valence-electron chi connectivity index (χ3n) is 3.63. The van der Waals surface area contributed by atoms with Crippen LogP contribution in [-0.2, 0) is 25.6 Å². The fourth-order valence-corrected chi connectivity index (χ4v) is 1.98. The molecular formula is C15H24N6O6. The second-order valence-corrected chi connectivity index (χ2v) is 5.93. The number of hydrogen-bond acceptors (Lipinski definition) is 7. The molecule has 8 N–H and O–H groups in total. The maximum Gasteiger partial charge on any atom is 0.325 e. The lowest BCUT2D eigenvalue weighted by Crippen LogP contribution is -2.57. The first-order valence-electron chi connectivity index (χ1n) is 8.13. The maximum atomic E-state index is 12.1. The third kappa shape index (κ3) is 7.03. The molecule has 0 spiro atoms. The Bertz CT molecular complexity index is 664. The Kier molecular flexibility index (Phi) is 8.35. The van der Waals surface area contributed by atoms with Gasteiger partial charge in [-0.05, 0) is 13.8 Å². The van der Waals surface area contributed by atoms with Gasteiger partial charge in [-0.15, -0.1) is 0 Å². The van der Waals surface area contributed by atoms with Crippen molar-refractivity contribution in [2.75, 3.05) is 6.61 Å². The Morgan fingerprint density at radius 2 is 1.74 bits per heavy atom. The van der Waals surface area contributed by atoms with Crippen LogP contribution in [0.2, 0.25) is 0 Å². The van der Waals surface area contributed by atoms with Gasteiger partial charge >= 0.3 is 5.97 Å². The number of carbonyl (C=O) groups excluding carboxylic acids is 3. The number of aliphatic carboxylic acids is 1. The van der Waals surface area contributed by atoms with Crippen LogP contribution in [0.15, 0.2) is 12.5 Å². The van der Waals surface area contributed by atoms with Crippen molar-refractivity contribution < 1.29 is 29.4 Å². The van der Waals surface area contributed by atoms with Crippen molar-refractivity contribution in [1.82, 2.24) is 25.9 Å². The highest BCUT2D eigenvalue weighted by Gasteiger charge is 2.27. The number of carboxylic acids is 1. The van der Waals surface area contributed by atoms with Gasteiger partial charge in [-0.3, -0.25) is 19.2 Å². The molecule has 0 saturated carbocycles. The number of nitrogens with zero attached hydrogens (tertiary/aromatic N) is 1. The second-order valence-electron chi connectivity index (χ2n) is 5.93. The molecule has 3 amide bonds. The van der Waals surface area contributed by atoms with Crippen LogP contribution in [0.3, 0.4) is 0 Å². The summed E-state index contributed by atoms with van der Waals surface area (Å²) >= 11 is 0. The summed E-state index contributed by atoms with van der Waals surface area (Å²) in [5.74, 6) is -3.46. The first-order chi connectivity index (χ1) is 12.6. The average Bonchev–Trinajstić information content (AvgIpc) is 3.11. The topological polar surface area (TPSA) is 200 Å². The number of nitrogens with two attached hydrogens (primary N) is 1. The molecule has 0 aliphatic heterocycles. The number of aromatic nitrogens is 2. The highest BCUT2D eigenvalue weighted by atomic mass is 16.4. The second kappa shape index (κ2) is 10.2. The number of amides is 3. The van der Waals surface area contributed by atoms with E-state index < -0.39 is 54.5 Å². The molecule has 1 aromatic rings. The van der Waals surface area contributed by atoms with E-state index in [4.69, 9.17) is 10.8 Å². The molecule has 27 heavy (non-hydrogen) atoms. The molecule has 0 bridgehead atoms. The minimum atomic E-state index is -1.36. The normalized spacial score (nSPS) is 15.1. The van der Waals surface area contributed by atoms with Gasteiger partial charge < -0.3 is 36.9 Å². The number of carboxylic acid groups (broad SMARTS) is 1. The van der Waals surface area contributed by atoms with Gasteiger partial charge in [0.2, 0.25) is 17.7 Å². The highest BCUT2D eigenvalue weighted by molar-refractivity contribution is 5.93. The third-order valence-corrected chi connectivity index (χ3v) is 3.63. The number of hydrogen-bond donors (Lipinski definition) is 7. The standard InChI is InChI=1S/C15H24N6O6/c1-7(19-13(24)10(16)3-9-4-17-6-18-9)12(23)21-11(5-22)14(25)20-8(2)15(26)27/h4,6-8,10-11,22H,3,5,16H2,1-2H3,(H,17,18)(H,19,24)(H,20,25)(H,21,23)(H,26,27). The van der Waals surface area contributed by atoms with Gasteiger partial charge in [0.1, 0.15) is 18.1 Å². The van der Waals surface area contributed by atoms with Crippen LogP contribution in [0, 0.1) is 0 Å². The SMILES string of the molecule is CC(NC(=O)C(CO)NC(=O)C(C)NC(=O)C(N)Cc1cnc[nH]1)C(=O)O. The summed E-state index contributed by atoms with van der Waals surface area (Å²) in [5.41, 5.74) is 6.42. The van der Waals surface area contributed by atoms with Crippen molar-refractivity contribution in [3.05, 3.63) is 18.2 Å². The predicted octanol–water partition coefficient (Wildman–Crippen LogP) is -3.15. The molecule has 0 fully saturated rings. The zero-order chi connectivity index (χ0) is 20.6. The summed E-state index contributed by atoms with van der Waals surface area (Å²) < 4.78 is 0. The van der Waals surface area contributed by atoms with E-state index in [0.29, 0.717) is 5.69 Å². The fraction of sp³-hybridized carbons (Fsp3) is 0.533. The minimum absolute atomic E-state index is 0.189. The van der Waals surface area contributed by atoms with Crippen molar-refractivity contribution in [2.24, 2.45) is 5.73 Å². The molecule has 4 atom stereocenters. The van der Waals surface area contributed by atoms with Gasteiger partial charge in [-0.1, -0.05) is 0 Å². The fourth-order valence-electron chi connectivity index (χ4n) is 1.98. The molecule has 1 aromatic heterocycles. The van der Waals surface area contributed by atoms with E-state index in [1.807, 2.05) is 0 Å². The van der Waals surface area contributed by atoms with E-state index in [9.17, 15) is 24.3 Å². The number of carbonyl (C=O) groups is 4. The van der Waals surface area contributed by atoms with E-state index in [-0.39, 0.29) is 6.42 Å². The van der Waals surface area contributed by atoms with E-state index in [1.165, 1.54) is 26.4 Å². The predicted molar refractivity (Wildman–Crippen MR) is 92.1 cm³/mol. The molecule has 0 aliphatic rings. The highest BCUT2D eigenvalue weighted by Crippen LogP contribution is 1.97. The Hall–Kier alpha value is -2.99. The quantitative estimate of drug-likeness (QED) is 0.219. The Labute approximate surface area is 154 Å². The number of aliphatic hydroxyl groups excluding tert-OH is 1. The van der Waals surface area contributed by atoms with Crippen LogP contribution in [-0.4, -0.2) is 74.6 Å². The van der Waals surface area contributed by atoms with Gasteiger partial charge in [0.15, 0.2) is 0 Å². The number of aliphatic hydroxyl groups is 1. The lowest BCUT2D eigenvalue weighted by atomic mass is 10.1. The molecule has 12 heteroatoms. The van der Waals surface area contributed by atoms with Crippen molar-refractivity contribution >= 4 is 23.7 Å². The molecule has 1 rings (SSSR count). The van der Waals surface area contributed by atoms with Gasteiger partial charge in [0.25, 0.3) is 0 Å². The largest absolute Gasteiger partial charge is 0.480 e. The maximum absolute atomic E-state index is 12.1. The molecule has 0 saturated heterocycles. The first kappa shape index (κ1) is 22.1. The summed E-state index contributed by atoms with van der Waals surface area (Å²) in [6.45, 7) is 1.87. The summed E-state index contributed by atoms with van der Waals surface area (Å²) in [7, 11) is 0. The van der Waals surface area contributed by atoms with Crippen LogP contribution in [0.1, 0.15) is 19.5 Å². The van der Waals surface area contributed by atoms with Gasteiger partial charge in [0, 0.05) is 18.3 Å². The summed E-state index contributed by atoms with van der Waals surface area (Å²) in [5, 5.41) is 24.8. The molecule has 12 nitrogen and oxygen atoms in total. The van der Waals surface area contributed by atoms with Crippen molar-refractivity contribution in [3.63, 3.8) is 0 Å². The monoisotopic (exact) mass is 384 g/mol. The van der Waals surface area contributed by atoms with Crippen LogP contribution < -0.4 is 21.7 Å². The van der Waals surface area contributed by atoms with Crippen LogP contribution in [0.25, 0.3) is 0 Å². The first-order valence-corrected chi connectivity index (χ1v) is 8.13. The van der Waals surface area contributed by atoms with Crippen molar-refractivity contribution in [1.29, 1.82) is 0 Å². The lowest BCUT2D eigenvalue weighted by molar-refractivity contribution is -0.142. The molecule has 0 radical (unpaired) electrons. The van der Waals surface area contributed by atoms with E-state index >= 15 is 0 Å². The van der Waals surface area contributed by atoms with Gasteiger partial charge in [-0.25, -0.2) is 4.98 Å². The molecular weight excluding hydrogens is 360 g/mol. The van der Waals surface area contributed by atoms with E-state index in [2.05, 4.69) is 25.9 Å². The Balaban J connectivity index is 2.54. The number of H-pyrrole nitrogens is 1. The zero-order valence-electron chi connectivity index (χ0n) is 14.9. The Morgan fingerprint density at radius 1 is 1.11 bits per heavy atom. The van der Waals surface area contributed by atoms with Crippen LogP contribution in [0.5, 0.6) is 0 Å². The number of aromatic amines is 1. The number of nitrogens with one attached hydrogen (secondary N) is 4. The minimum Gasteiger partial charge on any atom is -0.480 e. The molecule has 1 heterocycles. The number of imidazole rings is 1. The molecule has 150 valence electrons. The van der Waals surface area contributed by atoms with Gasteiger partial charge in [-0.2, -0.15) is 0 Å². The van der Waals surface area contributed by atoms with E-state index in [1.54, 1.807) is 0 Å². The Morgan fingerprint density at radius 3 is 2.26 bits per heavy atom. The van der Waals surface area contributed by atoms with Crippen LogP contribution >= 0.6 is 0 Å². The van der Waals surface area contributed by atoms with E-state index in [0.717, 1.165) is 0 Å². The summed E-state index contributed by atoms with van der Waals surface area (Å²) in [6.07, 6.45) is 3.15. The zero-order valence-corrected chi connectivity index (χ0v) is 14.9. The number of rotatable bonds is 10. The van der Waals surface area contributed by atoms with Gasteiger partial charge in [0.05, 0.1) is 19.0 Å². The van der Waals surface area contributed by atoms with Crippen LogP contribution in [0.4, 0.5) is 0 Å². The molecule has 4 unspecified atom stereocenters. The lowest BCUT2D eigenvalue weighted by Gasteiger charge is -2.21. The van der Waals surface area contributed by atoms with Crippen molar-refractivity contribution in [2.45, 2.75) is 44.4 Å². The smallest absolute Gasteiger partial charge is 0.325 e.